The van der Waals surface area contributed by atoms with Gasteiger partial charge in [0.25, 0.3) is 0 Å². The molecule has 0 aliphatic heterocycles. The van der Waals surface area contributed by atoms with E-state index in [0.29, 0.717) is 10.8 Å². The van der Waals surface area contributed by atoms with Crippen LogP contribution >= 0.6 is 11.6 Å². The first-order valence-corrected chi connectivity index (χ1v) is 4.01. The van der Waals surface area contributed by atoms with Crippen molar-refractivity contribution in [3.8, 4) is 0 Å². The van der Waals surface area contributed by atoms with Crippen LogP contribution in [0.25, 0.3) is 5.65 Å². The third-order valence-corrected chi connectivity index (χ3v) is 1.98. The standard InChI is InChI=1S/C8H6ClN3O/c9-8-6(5-10-13)12-4-2-1-3-7(12)11-8/h1-5,13H/b10-5-. The van der Waals surface area contributed by atoms with E-state index in [1.54, 1.807) is 10.6 Å². The van der Waals surface area contributed by atoms with Crippen LogP contribution < -0.4 is 0 Å². The van der Waals surface area contributed by atoms with Crippen LogP contribution in [0.15, 0.2) is 29.6 Å². The Labute approximate surface area is 79.1 Å². The van der Waals surface area contributed by atoms with Gasteiger partial charge in [-0.05, 0) is 12.1 Å². The second-order valence-electron chi connectivity index (χ2n) is 2.46. The van der Waals surface area contributed by atoms with Gasteiger partial charge in [-0.1, -0.05) is 22.8 Å². The minimum atomic E-state index is 0.323. The van der Waals surface area contributed by atoms with E-state index in [2.05, 4.69) is 10.1 Å². The monoisotopic (exact) mass is 195 g/mol. The molecule has 2 heterocycles. The van der Waals surface area contributed by atoms with Gasteiger partial charge in [0.1, 0.15) is 11.3 Å². The Kier molecular flexibility index (Phi) is 1.90. The summed E-state index contributed by atoms with van der Waals surface area (Å²) in [6, 6.07) is 5.53. The molecule has 2 aromatic heterocycles. The van der Waals surface area contributed by atoms with E-state index in [1.807, 2.05) is 18.2 Å². The molecule has 2 rings (SSSR count). The van der Waals surface area contributed by atoms with E-state index in [4.69, 9.17) is 16.8 Å². The van der Waals surface area contributed by atoms with E-state index in [0.717, 1.165) is 5.65 Å². The Balaban J connectivity index is 2.78. The number of fused-ring (bicyclic) bond motifs is 1. The van der Waals surface area contributed by atoms with Gasteiger partial charge in [-0.15, -0.1) is 0 Å². The van der Waals surface area contributed by atoms with Crippen molar-refractivity contribution < 1.29 is 5.21 Å². The van der Waals surface area contributed by atoms with Crippen molar-refractivity contribution in [2.45, 2.75) is 0 Å². The molecule has 0 saturated carbocycles. The van der Waals surface area contributed by atoms with Crippen LogP contribution in [0.5, 0.6) is 0 Å². The second-order valence-corrected chi connectivity index (χ2v) is 2.82. The van der Waals surface area contributed by atoms with Gasteiger partial charge in [0, 0.05) is 6.20 Å². The summed E-state index contributed by atoms with van der Waals surface area (Å²) < 4.78 is 1.74. The summed E-state index contributed by atoms with van der Waals surface area (Å²) in [5.41, 5.74) is 1.29. The molecule has 0 amide bonds. The maximum atomic E-state index is 8.39. The molecule has 2 aromatic rings. The maximum absolute atomic E-state index is 8.39. The molecule has 0 radical (unpaired) electrons. The molecule has 0 bridgehead atoms. The first-order valence-electron chi connectivity index (χ1n) is 3.63. The van der Waals surface area contributed by atoms with Crippen LogP contribution in [0.3, 0.4) is 0 Å². The largest absolute Gasteiger partial charge is 0.411 e. The van der Waals surface area contributed by atoms with Crippen molar-refractivity contribution in [3.63, 3.8) is 0 Å². The van der Waals surface area contributed by atoms with Crippen molar-refractivity contribution >= 4 is 23.5 Å². The summed E-state index contributed by atoms with van der Waals surface area (Å²) in [4.78, 5) is 4.06. The molecular weight excluding hydrogens is 190 g/mol. The summed E-state index contributed by atoms with van der Waals surface area (Å²) in [6.07, 6.45) is 3.05. The zero-order valence-corrected chi connectivity index (χ0v) is 7.31. The van der Waals surface area contributed by atoms with Gasteiger partial charge in [0.05, 0.1) is 6.21 Å². The molecule has 0 spiro atoms. The summed E-state index contributed by atoms with van der Waals surface area (Å²) in [5.74, 6) is 0. The van der Waals surface area contributed by atoms with Gasteiger partial charge in [0.15, 0.2) is 5.15 Å². The van der Waals surface area contributed by atoms with Gasteiger partial charge in [-0.25, -0.2) is 4.98 Å². The highest BCUT2D eigenvalue weighted by Gasteiger charge is 2.06. The highest BCUT2D eigenvalue weighted by Crippen LogP contribution is 2.15. The fourth-order valence-electron chi connectivity index (χ4n) is 1.16. The Hall–Kier alpha value is -1.55. The molecule has 0 aromatic carbocycles. The number of hydrogen-bond donors (Lipinski definition) is 1. The van der Waals surface area contributed by atoms with Gasteiger partial charge in [-0.2, -0.15) is 0 Å². The van der Waals surface area contributed by atoms with Crippen molar-refractivity contribution in [1.29, 1.82) is 0 Å². The molecule has 5 heteroatoms. The fourth-order valence-corrected chi connectivity index (χ4v) is 1.38. The van der Waals surface area contributed by atoms with E-state index >= 15 is 0 Å². The Morgan fingerprint density at radius 3 is 3.15 bits per heavy atom. The third kappa shape index (κ3) is 1.25. The van der Waals surface area contributed by atoms with Crippen LogP contribution in [0, 0.1) is 0 Å². The summed E-state index contributed by atoms with van der Waals surface area (Å²) >= 11 is 5.81. The highest BCUT2D eigenvalue weighted by molar-refractivity contribution is 6.32. The van der Waals surface area contributed by atoms with Crippen molar-refractivity contribution in [2.75, 3.05) is 0 Å². The maximum Gasteiger partial charge on any atom is 0.157 e. The van der Waals surface area contributed by atoms with Crippen LogP contribution in [0.2, 0.25) is 5.15 Å². The number of hydrogen-bond acceptors (Lipinski definition) is 3. The summed E-state index contributed by atoms with van der Waals surface area (Å²) in [5, 5.41) is 11.6. The topological polar surface area (TPSA) is 49.9 Å². The van der Waals surface area contributed by atoms with Gasteiger partial charge in [0.2, 0.25) is 0 Å². The van der Waals surface area contributed by atoms with Crippen LogP contribution in [-0.2, 0) is 0 Å². The van der Waals surface area contributed by atoms with E-state index in [-0.39, 0.29) is 0 Å². The van der Waals surface area contributed by atoms with Crippen LogP contribution in [0.4, 0.5) is 0 Å². The summed E-state index contributed by atoms with van der Waals surface area (Å²) in [7, 11) is 0. The van der Waals surface area contributed by atoms with Crippen LogP contribution in [0.1, 0.15) is 5.69 Å². The lowest BCUT2D eigenvalue weighted by Gasteiger charge is -1.92. The predicted octanol–water partition coefficient (Wildman–Crippen LogP) is 1.80. The molecule has 1 N–H and O–H groups in total. The molecular formula is C8H6ClN3O. The lowest BCUT2D eigenvalue weighted by Crippen LogP contribution is -1.90. The smallest absolute Gasteiger partial charge is 0.157 e. The van der Waals surface area contributed by atoms with Crippen molar-refractivity contribution in [1.82, 2.24) is 9.38 Å². The van der Waals surface area contributed by atoms with Gasteiger partial charge < -0.3 is 5.21 Å². The molecule has 0 aliphatic carbocycles. The van der Waals surface area contributed by atoms with Crippen molar-refractivity contribution in [3.05, 3.63) is 35.2 Å². The van der Waals surface area contributed by atoms with E-state index in [1.165, 1.54) is 6.21 Å². The normalized spacial score (nSPS) is 11.5. The van der Waals surface area contributed by atoms with Gasteiger partial charge >= 0.3 is 0 Å². The number of aromatic nitrogens is 2. The van der Waals surface area contributed by atoms with E-state index < -0.39 is 0 Å². The second kappa shape index (κ2) is 3.06. The average Bonchev–Trinajstić information content (AvgIpc) is 2.44. The lowest BCUT2D eigenvalue weighted by molar-refractivity contribution is 0.321. The Morgan fingerprint density at radius 1 is 1.54 bits per heavy atom. The number of oxime groups is 1. The number of pyridine rings is 1. The minimum Gasteiger partial charge on any atom is -0.411 e. The first-order chi connectivity index (χ1) is 6.33. The zero-order chi connectivity index (χ0) is 9.26. The molecule has 0 unspecified atom stereocenters. The van der Waals surface area contributed by atoms with E-state index in [9.17, 15) is 0 Å². The zero-order valence-electron chi connectivity index (χ0n) is 6.55. The van der Waals surface area contributed by atoms with Crippen molar-refractivity contribution in [2.24, 2.45) is 5.16 Å². The lowest BCUT2D eigenvalue weighted by atomic mass is 10.4. The number of halogens is 1. The molecule has 66 valence electrons. The molecule has 0 atom stereocenters. The molecule has 0 saturated heterocycles. The summed E-state index contributed by atoms with van der Waals surface area (Å²) in [6.45, 7) is 0. The first kappa shape index (κ1) is 8.07. The Bertz CT molecular complexity index is 463. The molecule has 0 aliphatic rings. The Morgan fingerprint density at radius 2 is 2.38 bits per heavy atom. The van der Waals surface area contributed by atoms with Gasteiger partial charge in [-0.3, -0.25) is 4.40 Å². The van der Waals surface area contributed by atoms with Crippen LogP contribution in [-0.4, -0.2) is 20.8 Å². The average molecular weight is 196 g/mol. The fraction of sp³-hybridized carbons (Fsp3) is 0. The third-order valence-electron chi connectivity index (χ3n) is 1.70. The highest BCUT2D eigenvalue weighted by atomic mass is 35.5. The molecule has 0 fully saturated rings. The number of rotatable bonds is 1. The minimum absolute atomic E-state index is 0.323. The molecule has 13 heavy (non-hydrogen) atoms. The quantitative estimate of drug-likeness (QED) is 0.429. The number of imidazole rings is 1. The molecule has 4 nitrogen and oxygen atoms in total. The SMILES string of the molecule is O/N=C\c1c(Cl)nc2ccccn12. The number of nitrogens with zero attached hydrogens (tertiary/aromatic N) is 3. The predicted molar refractivity (Wildman–Crippen MR) is 49.6 cm³/mol.